The van der Waals surface area contributed by atoms with Crippen LogP contribution in [0.2, 0.25) is 0 Å². The molecule has 0 bridgehead atoms. The second-order valence-corrected chi connectivity index (χ2v) is 4.38. The zero-order valence-corrected chi connectivity index (χ0v) is 9.85. The molecule has 96 valence electrons. The molecule has 0 aromatic heterocycles. The second kappa shape index (κ2) is 5.84. The van der Waals surface area contributed by atoms with Gasteiger partial charge in [-0.3, -0.25) is 9.80 Å². The summed E-state index contributed by atoms with van der Waals surface area (Å²) in [5, 5.41) is 3.13. The first kappa shape index (κ1) is 13.7. The lowest BCUT2D eigenvalue weighted by molar-refractivity contribution is -0.149. The van der Waals surface area contributed by atoms with E-state index in [2.05, 4.69) is 17.1 Å². The number of hydrogen-bond acceptors (Lipinski definition) is 3. The van der Waals surface area contributed by atoms with Gasteiger partial charge in [0, 0.05) is 38.8 Å². The molecule has 1 atom stereocenters. The third-order valence-electron chi connectivity index (χ3n) is 2.89. The summed E-state index contributed by atoms with van der Waals surface area (Å²) in [6.07, 6.45) is -4.07. The first-order valence-corrected chi connectivity index (χ1v) is 5.59. The fraction of sp³-hybridized carbons (Fsp3) is 1.00. The van der Waals surface area contributed by atoms with Crippen LogP contribution in [0, 0.1) is 0 Å². The molecule has 1 aliphatic heterocycles. The monoisotopic (exact) mass is 239 g/mol. The van der Waals surface area contributed by atoms with Gasteiger partial charge in [-0.2, -0.15) is 13.2 Å². The molecule has 0 amide bonds. The minimum absolute atomic E-state index is 0.383. The zero-order chi connectivity index (χ0) is 12.2. The van der Waals surface area contributed by atoms with Crippen LogP contribution < -0.4 is 5.32 Å². The van der Waals surface area contributed by atoms with Crippen LogP contribution in [0.5, 0.6) is 0 Å². The molecule has 1 fully saturated rings. The van der Waals surface area contributed by atoms with Crippen molar-refractivity contribution in [2.24, 2.45) is 0 Å². The lowest BCUT2D eigenvalue weighted by Crippen LogP contribution is -2.51. The van der Waals surface area contributed by atoms with Crippen molar-refractivity contribution < 1.29 is 13.2 Å². The summed E-state index contributed by atoms with van der Waals surface area (Å²) >= 11 is 0. The van der Waals surface area contributed by atoms with E-state index in [1.54, 1.807) is 0 Å². The van der Waals surface area contributed by atoms with Gasteiger partial charge in [0.05, 0.1) is 6.54 Å². The highest BCUT2D eigenvalue weighted by Gasteiger charge is 2.32. The van der Waals surface area contributed by atoms with E-state index in [4.69, 9.17) is 0 Å². The number of piperazine rings is 1. The number of rotatable bonds is 4. The van der Waals surface area contributed by atoms with Crippen LogP contribution in [-0.4, -0.2) is 68.3 Å². The van der Waals surface area contributed by atoms with Crippen molar-refractivity contribution in [2.45, 2.75) is 19.1 Å². The smallest absolute Gasteiger partial charge is 0.316 e. The zero-order valence-electron chi connectivity index (χ0n) is 9.85. The van der Waals surface area contributed by atoms with Crippen LogP contribution in [0.1, 0.15) is 6.92 Å². The molecule has 1 aliphatic rings. The Kier molecular flexibility index (Phi) is 5.01. The average molecular weight is 239 g/mol. The van der Waals surface area contributed by atoms with Crippen LogP contribution in [0.3, 0.4) is 0 Å². The van der Waals surface area contributed by atoms with Crippen LogP contribution >= 0.6 is 0 Å². The molecule has 1 unspecified atom stereocenters. The Hall–Kier alpha value is -0.330. The third-order valence-corrected chi connectivity index (χ3v) is 2.89. The molecule has 0 radical (unpaired) electrons. The predicted octanol–water partition coefficient (Wildman–Crippen LogP) is 0.774. The minimum Gasteiger partial charge on any atom is -0.316 e. The van der Waals surface area contributed by atoms with Crippen LogP contribution in [0.15, 0.2) is 0 Å². The molecule has 1 rings (SSSR count). The Labute approximate surface area is 94.6 Å². The number of likely N-dealkylation sites (N-methyl/N-ethyl adjacent to an activating group) is 1. The lowest BCUT2D eigenvalue weighted by atomic mass is 10.2. The Balaban J connectivity index is 2.23. The maximum Gasteiger partial charge on any atom is 0.401 e. The van der Waals surface area contributed by atoms with E-state index in [0.29, 0.717) is 19.1 Å². The summed E-state index contributed by atoms with van der Waals surface area (Å²) in [6.45, 7) is 4.66. The van der Waals surface area contributed by atoms with E-state index >= 15 is 0 Å². The van der Waals surface area contributed by atoms with Crippen LogP contribution in [0.25, 0.3) is 0 Å². The summed E-state index contributed by atoms with van der Waals surface area (Å²) in [5.74, 6) is 0. The quantitative estimate of drug-likeness (QED) is 0.782. The Morgan fingerprint density at radius 1 is 1.12 bits per heavy atom. The van der Waals surface area contributed by atoms with E-state index in [1.165, 1.54) is 4.90 Å². The number of alkyl halides is 3. The molecule has 3 nitrogen and oxygen atoms in total. The number of nitrogens with one attached hydrogen (secondary N) is 1. The fourth-order valence-electron chi connectivity index (χ4n) is 1.86. The largest absolute Gasteiger partial charge is 0.401 e. The van der Waals surface area contributed by atoms with Gasteiger partial charge >= 0.3 is 6.18 Å². The molecule has 6 heteroatoms. The minimum atomic E-state index is -4.07. The van der Waals surface area contributed by atoms with Gasteiger partial charge in [0.15, 0.2) is 0 Å². The molecule has 16 heavy (non-hydrogen) atoms. The van der Waals surface area contributed by atoms with E-state index in [1.807, 2.05) is 7.05 Å². The third kappa shape index (κ3) is 5.14. The van der Waals surface area contributed by atoms with Crippen LogP contribution in [-0.2, 0) is 0 Å². The highest BCUT2D eigenvalue weighted by atomic mass is 19.4. The predicted molar refractivity (Wildman–Crippen MR) is 57.5 cm³/mol. The highest BCUT2D eigenvalue weighted by Crippen LogP contribution is 2.17. The molecular formula is C10H20F3N3. The molecule has 0 aromatic rings. The van der Waals surface area contributed by atoms with Gasteiger partial charge in [-0.1, -0.05) is 0 Å². The van der Waals surface area contributed by atoms with E-state index < -0.39 is 12.7 Å². The van der Waals surface area contributed by atoms with E-state index in [-0.39, 0.29) is 0 Å². The van der Waals surface area contributed by atoms with Gasteiger partial charge in [-0.15, -0.1) is 0 Å². The van der Waals surface area contributed by atoms with Crippen molar-refractivity contribution in [2.75, 3.05) is 46.3 Å². The topological polar surface area (TPSA) is 18.5 Å². The number of halogens is 3. The number of nitrogens with zero attached hydrogens (tertiary/aromatic N) is 2. The van der Waals surface area contributed by atoms with Gasteiger partial charge < -0.3 is 5.32 Å². The molecule has 0 aromatic carbocycles. The Bertz CT molecular complexity index is 200. The van der Waals surface area contributed by atoms with Crippen molar-refractivity contribution >= 4 is 0 Å². The maximum atomic E-state index is 12.1. The summed E-state index contributed by atoms with van der Waals surface area (Å²) in [7, 11) is 1.89. The molecule has 0 spiro atoms. The molecule has 0 saturated carbocycles. The highest BCUT2D eigenvalue weighted by molar-refractivity contribution is 4.76. The van der Waals surface area contributed by atoms with E-state index in [0.717, 1.165) is 19.6 Å². The number of hydrogen-bond donors (Lipinski definition) is 1. The van der Waals surface area contributed by atoms with Gasteiger partial charge in [0.2, 0.25) is 0 Å². The average Bonchev–Trinajstić information content (AvgIpc) is 2.18. The fourth-order valence-corrected chi connectivity index (χ4v) is 1.86. The molecular weight excluding hydrogens is 219 g/mol. The van der Waals surface area contributed by atoms with Crippen molar-refractivity contribution in [1.29, 1.82) is 0 Å². The van der Waals surface area contributed by atoms with Gasteiger partial charge in [-0.25, -0.2) is 0 Å². The molecule has 1 saturated heterocycles. The summed E-state index contributed by atoms with van der Waals surface area (Å²) in [6, 6.07) is 0.383. The Morgan fingerprint density at radius 3 is 2.06 bits per heavy atom. The van der Waals surface area contributed by atoms with E-state index in [9.17, 15) is 13.2 Å². The summed E-state index contributed by atoms with van der Waals surface area (Å²) in [5.41, 5.74) is 0. The maximum absolute atomic E-state index is 12.1. The van der Waals surface area contributed by atoms with Crippen molar-refractivity contribution in [3.63, 3.8) is 0 Å². The normalized spacial score (nSPS) is 22.3. The van der Waals surface area contributed by atoms with Crippen molar-refractivity contribution in [3.8, 4) is 0 Å². The van der Waals surface area contributed by atoms with Gasteiger partial charge in [0.1, 0.15) is 0 Å². The van der Waals surface area contributed by atoms with Crippen molar-refractivity contribution in [3.05, 3.63) is 0 Å². The van der Waals surface area contributed by atoms with Crippen LogP contribution in [0.4, 0.5) is 13.2 Å². The van der Waals surface area contributed by atoms with Gasteiger partial charge in [-0.05, 0) is 14.0 Å². The first-order valence-electron chi connectivity index (χ1n) is 5.59. The van der Waals surface area contributed by atoms with Crippen molar-refractivity contribution in [1.82, 2.24) is 15.1 Å². The summed E-state index contributed by atoms with van der Waals surface area (Å²) < 4.78 is 36.4. The molecule has 0 aliphatic carbocycles. The second-order valence-electron chi connectivity index (χ2n) is 4.38. The molecule has 1 N–H and O–H groups in total. The lowest BCUT2D eigenvalue weighted by Gasteiger charge is -2.36. The Morgan fingerprint density at radius 2 is 1.62 bits per heavy atom. The first-order chi connectivity index (χ1) is 7.40. The van der Waals surface area contributed by atoms with Gasteiger partial charge in [0.25, 0.3) is 0 Å². The molecule has 1 heterocycles. The standard InChI is InChI=1S/C10H20F3N3/c1-9(14-2)7-15-3-5-16(6-4-15)8-10(11,12)13/h9,14H,3-8H2,1-2H3. The summed E-state index contributed by atoms with van der Waals surface area (Å²) in [4.78, 5) is 3.68. The SMILES string of the molecule is CNC(C)CN1CCN(CC(F)(F)F)CC1.